The molecule has 0 aliphatic carbocycles. The van der Waals surface area contributed by atoms with Crippen LogP contribution in [-0.2, 0) is 15.1 Å². The van der Waals surface area contributed by atoms with Crippen molar-refractivity contribution in [3.63, 3.8) is 0 Å². The van der Waals surface area contributed by atoms with Crippen molar-refractivity contribution in [3.8, 4) is 0 Å². The summed E-state index contributed by atoms with van der Waals surface area (Å²) < 4.78 is 11.9. The summed E-state index contributed by atoms with van der Waals surface area (Å²) in [5.41, 5.74) is 2.65. The second kappa shape index (κ2) is 5.99. The van der Waals surface area contributed by atoms with Crippen molar-refractivity contribution < 1.29 is 9.47 Å². The third-order valence-electron chi connectivity index (χ3n) is 4.15. The quantitative estimate of drug-likeness (QED) is 0.516. The Morgan fingerprint density at radius 2 is 1.00 bits per heavy atom. The van der Waals surface area contributed by atoms with Crippen LogP contribution < -0.4 is 0 Å². The van der Waals surface area contributed by atoms with Crippen LogP contribution in [0.5, 0.6) is 0 Å². The molecule has 0 N–H and O–H groups in total. The Hall–Kier alpha value is -2.42. The smallest absolute Gasteiger partial charge is 0.183 e. The molecule has 0 amide bonds. The summed E-state index contributed by atoms with van der Waals surface area (Å²) in [5, 5.41) is 0. The van der Waals surface area contributed by atoms with Gasteiger partial charge in [0.15, 0.2) is 6.29 Å². The lowest BCUT2D eigenvalue weighted by Crippen LogP contribution is -2.34. The first-order valence-electron chi connectivity index (χ1n) is 7.85. The first kappa shape index (κ1) is 14.2. The van der Waals surface area contributed by atoms with Crippen molar-refractivity contribution >= 4 is 0 Å². The van der Waals surface area contributed by atoms with Gasteiger partial charge >= 0.3 is 0 Å². The van der Waals surface area contributed by atoms with Gasteiger partial charge in [0.25, 0.3) is 0 Å². The van der Waals surface area contributed by atoms with E-state index in [9.17, 15) is 0 Å². The highest BCUT2D eigenvalue weighted by Crippen LogP contribution is 2.42. The van der Waals surface area contributed by atoms with Gasteiger partial charge in [-0.25, -0.2) is 0 Å². The van der Waals surface area contributed by atoms with Crippen molar-refractivity contribution in [2.75, 3.05) is 6.61 Å². The summed E-state index contributed by atoms with van der Waals surface area (Å²) in [6, 6.07) is 31.0. The number of ether oxygens (including phenoxy) is 2. The molecule has 2 nitrogen and oxygen atoms in total. The second-order valence-electron chi connectivity index (χ2n) is 5.66. The summed E-state index contributed by atoms with van der Waals surface area (Å²) in [5.74, 6) is 0. The van der Waals surface area contributed by atoms with E-state index in [-0.39, 0.29) is 6.29 Å². The molecule has 23 heavy (non-hydrogen) atoms. The van der Waals surface area contributed by atoms with Crippen LogP contribution in [-0.4, -0.2) is 12.9 Å². The van der Waals surface area contributed by atoms with Crippen molar-refractivity contribution in [2.45, 2.75) is 11.9 Å². The average molecular weight is 302 g/mol. The fraction of sp³-hybridized carbons (Fsp3) is 0.143. The van der Waals surface area contributed by atoms with Crippen LogP contribution >= 0.6 is 0 Å². The zero-order valence-corrected chi connectivity index (χ0v) is 12.8. The Kier molecular flexibility index (Phi) is 3.70. The van der Waals surface area contributed by atoms with Crippen molar-refractivity contribution in [1.82, 2.24) is 0 Å². The molecule has 0 aromatic heterocycles. The maximum absolute atomic E-state index is 6.48. The van der Waals surface area contributed by atoms with Crippen LogP contribution in [0, 0.1) is 0 Å². The number of rotatable bonds is 5. The fourth-order valence-electron chi connectivity index (χ4n) is 3.03. The number of benzene rings is 3. The summed E-state index contributed by atoms with van der Waals surface area (Å²) in [6.07, 6.45) is -0.157. The predicted octanol–water partition coefficient (Wildman–Crippen LogP) is 4.35. The first-order valence-corrected chi connectivity index (χ1v) is 7.85. The van der Waals surface area contributed by atoms with E-state index in [4.69, 9.17) is 9.47 Å². The molecule has 4 rings (SSSR count). The molecule has 0 bridgehead atoms. The molecule has 3 aromatic carbocycles. The predicted molar refractivity (Wildman–Crippen MR) is 90.0 cm³/mol. The zero-order valence-electron chi connectivity index (χ0n) is 12.8. The molecular weight excluding hydrogens is 284 g/mol. The lowest BCUT2D eigenvalue weighted by atomic mass is 9.80. The molecular formula is C21H18O2. The van der Waals surface area contributed by atoms with Crippen LogP contribution in [0.25, 0.3) is 0 Å². The molecule has 2 heteroatoms. The molecule has 3 aromatic rings. The van der Waals surface area contributed by atoms with Crippen LogP contribution in [0.2, 0.25) is 0 Å². The van der Waals surface area contributed by atoms with Gasteiger partial charge in [-0.05, 0) is 16.7 Å². The molecule has 1 aliphatic heterocycles. The maximum atomic E-state index is 6.48. The highest BCUT2D eigenvalue weighted by atomic mass is 16.8. The summed E-state index contributed by atoms with van der Waals surface area (Å²) in [7, 11) is 0. The van der Waals surface area contributed by atoms with Gasteiger partial charge in [0.05, 0.1) is 0 Å². The largest absolute Gasteiger partial charge is 0.345 e. The van der Waals surface area contributed by atoms with E-state index in [0.717, 1.165) is 16.7 Å². The highest BCUT2D eigenvalue weighted by molar-refractivity contribution is 5.47. The first-order chi connectivity index (χ1) is 11.4. The van der Waals surface area contributed by atoms with Gasteiger partial charge in [0.1, 0.15) is 12.2 Å². The minimum Gasteiger partial charge on any atom is -0.345 e. The van der Waals surface area contributed by atoms with Crippen molar-refractivity contribution in [1.29, 1.82) is 0 Å². The Morgan fingerprint density at radius 3 is 1.30 bits per heavy atom. The fourth-order valence-corrected chi connectivity index (χ4v) is 3.03. The zero-order chi connectivity index (χ0) is 15.5. The molecule has 1 aliphatic rings. The lowest BCUT2D eigenvalue weighted by Gasteiger charge is -2.35. The van der Waals surface area contributed by atoms with E-state index in [1.54, 1.807) is 0 Å². The molecule has 1 saturated heterocycles. The average Bonchev–Trinajstić information content (AvgIpc) is 3.46. The minimum atomic E-state index is -0.662. The third-order valence-corrected chi connectivity index (χ3v) is 4.15. The SMILES string of the molecule is c1ccc(C(O[C@H]2CO2)(c2ccccc2)c2ccccc2)cc1. The molecule has 1 heterocycles. The van der Waals surface area contributed by atoms with Gasteiger partial charge in [-0.2, -0.15) is 0 Å². The normalized spacial score (nSPS) is 17.0. The Labute approximate surface area is 136 Å². The molecule has 114 valence electrons. The van der Waals surface area contributed by atoms with E-state index in [2.05, 4.69) is 36.4 Å². The van der Waals surface area contributed by atoms with Crippen LogP contribution in [0.4, 0.5) is 0 Å². The lowest BCUT2D eigenvalue weighted by molar-refractivity contribution is -0.0449. The van der Waals surface area contributed by atoms with Gasteiger partial charge in [-0.15, -0.1) is 0 Å². The third kappa shape index (κ3) is 2.67. The molecule has 1 atom stereocenters. The Balaban J connectivity index is 1.97. The van der Waals surface area contributed by atoms with Gasteiger partial charge in [-0.1, -0.05) is 91.0 Å². The monoisotopic (exact) mass is 302 g/mol. The maximum Gasteiger partial charge on any atom is 0.183 e. The van der Waals surface area contributed by atoms with Crippen molar-refractivity contribution in [2.24, 2.45) is 0 Å². The van der Waals surface area contributed by atoms with E-state index in [1.807, 2.05) is 54.6 Å². The highest BCUT2D eigenvalue weighted by Gasteiger charge is 2.43. The molecule has 0 unspecified atom stereocenters. The standard InChI is InChI=1S/C21H18O2/c1-4-10-17(11-5-1)21(23-20-16-22-20,18-12-6-2-7-13-18)19-14-8-3-9-15-19/h1-15,20H,16H2/t20-/m0/s1. The topological polar surface area (TPSA) is 21.8 Å². The number of hydrogen-bond donors (Lipinski definition) is 0. The van der Waals surface area contributed by atoms with Crippen LogP contribution in [0.3, 0.4) is 0 Å². The molecule has 0 saturated carbocycles. The summed E-state index contributed by atoms with van der Waals surface area (Å²) >= 11 is 0. The second-order valence-corrected chi connectivity index (χ2v) is 5.66. The van der Waals surface area contributed by atoms with Gasteiger partial charge < -0.3 is 9.47 Å². The van der Waals surface area contributed by atoms with Crippen LogP contribution in [0.1, 0.15) is 16.7 Å². The molecule has 1 fully saturated rings. The number of hydrogen-bond acceptors (Lipinski definition) is 2. The number of epoxide rings is 1. The van der Waals surface area contributed by atoms with Crippen molar-refractivity contribution in [3.05, 3.63) is 108 Å². The van der Waals surface area contributed by atoms with Gasteiger partial charge in [0.2, 0.25) is 0 Å². The summed E-state index contributed by atoms with van der Waals surface area (Å²) in [6.45, 7) is 0.647. The van der Waals surface area contributed by atoms with Gasteiger partial charge in [0, 0.05) is 0 Å². The van der Waals surface area contributed by atoms with E-state index >= 15 is 0 Å². The molecule has 0 spiro atoms. The summed E-state index contributed by atoms with van der Waals surface area (Å²) in [4.78, 5) is 0. The molecule has 0 radical (unpaired) electrons. The van der Waals surface area contributed by atoms with E-state index < -0.39 is 5.60 Å². The minimum absolute atomic E-state index is 0.157. The van der Waals surface area contributed by atoms with Gasteiger partial charge in [-0.3, -0.25) is 0 Å². The Morgan fingerprint density at radius 1 is 0.652 bits per heavy atom. The van der Waals surface area contributed by atoms with E-state index in [1.165, 1.54) is 0 Å². The van der Waals surface area contributed by atoms with E-state index in [0.29, 0.717) is 6.61 Å². The Bertz CT molecular complexity index is 653. The van der Waals surface area contributed by atoms with Crippen LogP contribution in [0.15, 0.2) is 91.0 Å².